The molecule has 1 amide bonds. The van der Waals surface area contributed by atoms with Crippen LogP contribution >= 0.6 is 11.3 Å². The number of carbonyl (C=O) groups excluding carboxylic acids is 1. The van der Waals surface area contributed by atoms with Gasteiger partial charge in [-0.05, 0) is 42.1 Å². The Labute approximate surface area is 173 Å². The van der Waals surface area contributed by atoms with Crippen molar-refractivity contribution in [3.05, 3.63) is 82.3 Å². The third-order valence-corrected chi connectivity index (χ3v) is 6.48. The standard InChI is InChI=1S/C23H22N4OS/c1-16(17-6-3-2-4-7-17)26-11-12-27-20-10-9-18(14-19(20)25-22(27)15-26)24-23(28)21-8-5-13-29-21/h2-10,13-14,16H,11-12,15H2,1H3,(H,24,28)/t16-/m0/s1. The van der Waals surface area contributed by atoms with Gasteiger partial charge in [0.25, 0.3) is 5.91 Å². The molecule has 0 aliphatic carbocycles. The predicted molar refractivity (Wildman–Crippen MR) is 117 cm³/mol. The second kappa shape index (κ2) is 7.46. The summed E-state index contributed by atoms with van der Waals surface area (Å²) in [6, 6.07) is 20.7. The molecule has 4 aromatic rings. The van der Waals surface area contributed by atoms with Gasteiger partial charge in [-0.2, -0.15) is 0 Å². The molecule has 0 unspecified atom stereocenters. The van der Waals surface area contributed by atoms with Gasteiger partial charge in [-0.15, -0.1) is 11.3 Å². The number of aromatic nitrogens is 2. The summed E-state index contributed by atoms with van der Waals surface area (Å²) in [6.45, 7) is 4.99. The van der Waals surface area contributed by atoms with Gasteiger partial charge < -0.3 is 9.88 Å². The molecular formula is C23H22N4OS. The van der Waals surface area contributed by atoms with E-state index in [4.69, 9.17) is 4.98 Å². The number of thiophene rings is 1. The second-order valence-electron chi connectivity index (χ2n) is 7.37. The van der Waals surface area contributed by atoms with Gasteiger partial charge in [0.05, 0.1) is 22.5 Å². The van der Waals surface area contributed by atoms with E-state index >= 15 is 0 Å². The predicted octanol–water partition coefficient (Wildman–Crippen LogP) is 4.93. The zero-order valence-corrected chi connectivity index (χ0v) is 17.0. The SMILES string of the molecule is C[C@@H](c1ccccc1)N1CCn2c(nc3cc(NC(=O)c4cccs4)ccc32)C1. The van der Waals surface area contributed by atoms with Gasteiger partial charge in [-0.3, -0.25) is 9.69 Å². The Morgan fingerprint density at radius 2 is 1.97 bits per heavy atom. The van der Waals surface area contributed by atoms with E-state index < -0.39 is 0 Å². The number of rotatable bonds is 4. The van der Waals surface area contributed by atoms with Crippen LogP contribution in [-0.4, -0.2) is 26.9 Å². The molecule has 0 spiro atoms. The molecule has 6 heteroatoms. The van der Waals surface area contributed by atoms with Crippen LogP contribution in [0.2, 0.25) is 0 Å². The minimum atomic E-state index is -0.0776. The van der Waals surface area contributed by atoms with E-state index in [-0.39, 0.29) is 5.91 Å². The van der Waals surface area contributed by atoms with Crippen molar-refractivity contribution in [3.63, 3.8) is 0 Å². The van der Waals surface area contributed by atoms with Crippen LogP contribution in [0.15, 0.2) is 66.0 Å². The highest BCUT2D eigenvalue weighted by atomic mass is 32.1. The van der Waals surface area contributed by atoms with Crippen LogP contribution in [0.4, 0.5) is 5.69 Å². The Bertz CT molecular complexity index is 1150. The highest BCUT2D eigenvalue weighted by Crippen LogP contribution is 2.28. The van der Waals surface area contributed by atoms with Crippen LogP contribution in [0.25, 0.3) is 11.0 Å². The van der Waals surface area contributed by atoms with Gasteiger partial charge in [0, 0.05) is 24.8 Å². The lowest BCUT2D eigenvalue weighted by atomic mass is 10.1. The fourth-order valence-corrected chi connectivity index (χ4v) is 4.61. The first kappa shape index (κ1) is 18.1. The molecule has 146 valence electrons. The molecule has 2 aromatic heterocycles. The maximum atomic E-state index is 12.3. The summed E-state index contributed by atoms with van der Waals surface area (Å²) in [5.41, 5.74) is 4.16. The van der Waals surface area contributed by atoms with E-state index in [1.807, 2.05) is 29.6 Å². The van der Waals surface area contributed by atoms with Crippen molar-refractivity contribution in [2.24, 2.45) is 0 Å². The molecule has 1 atom stereocenters. The zero-order valence-electron chi connectivity index (χ0n) is 16.2. The molecule has 0 fully saturated rings. The van der Waals surface area contributed by atoms with Gasteiger partial charge in [0.1, 0.15) is 5.82 Å². The van der Waals surface area contributed by atoms with Crippen LogP contribution in [-0.2, 0) is 13.1 Å². The number of anilines is 1. The summed E-state index contributed by atoms with van der Waals surface area (Å²) in [4.78, 5) is 20.4. The number of carbonyl (C=O) groups is 1. The van der Waals surface area contributed by atoms with Gasteiger partial charge in [-0.1, -0.05) is 36.4 Å². The Hall–Kier alpha value is -2.96. The van der Waals surface area contributed by atoms with Crippen molar-refractivity contribution < 1.29 is 4.79 Å². The number of fused-ring (bicyclic) bond motifs is 3. The van der Waals surface area contributed by atoms with Crippen LogP contribution in [0.1, 0.15) is 34.0 Å². The smallest absolute Gasteiger partial charge is 0.265 e. The average molecular weight is 403 g/mol. The van der Waals surface area contributed by atoms with Gasteiger partial charge in [0.15, 0.2) is 0 Å². The maximum absolute atomic E-state index is 12.3. The molecular weight excluding hydrogens is 380 g/mol. The minimum Gasteiger partial charge on any atom is -0.326 e. The maximum Gasteiger partial charge on any atom is 0.265 e. The number of benzene rings is 2. The number of hydrogen-bond donors (Lipinski definition) is 1. The van der Waals surface area contributed by atoms with Crippen LogP contribution in [0.5, 0.6) is 0 Å². The summed E-state index contributed by atoms with van der Waals surface area (Å²) >= 11 is 1.44. The second-order valence-corrected chi connectivity index (χ2v) is 8.32. The molecule has 0 saturated carbocycles. The van der Waals surface area contributed by atoms with Crippen molar-refractivity contribution in [2.45, 2.75) is 26.1 Å². The van der Waals surface area contributed by atoms with Crippen molar-refractivity contribution in [1.29, 1.82) is 0 Å². The third kappa shape index (κ3) is 3.45. The number of nitrogens with one attached hydrogen (secondary N) is 1. The lowest BCUT2D eigenvalue weighted by Crippen LogP contribution is -2.35. The average Bonchev–Trinajstić information content (AvgIpc) is 3.41. The molecule has 0 bridgehead atoms. The number of hydrogen-bond acceptors (Lipinski definition) is 4. The van der Waals surface area contributed by atoms with Crippen molar-refractivity contribution in [1.82, 2.24) is 14.5 Å². The molecule has 0 saturated heterocycles. The Morgan fingerprint density at radius 1 is 1.10 bits per heavy atom. The monoisotopic (exact) mass is 402 g/mol. The molecule has 1 N–H and O–H groups in total. The van der Waals surface area contributed by atoms with Gasteiger partial charge in [0.2, 0.25) is 0 Å². The molecule has 5 nitrogen and oxygen atoms in total. The third-order valence-electron chi connectivity index (χ3n) is 5.62. The Morgan fingerprint density at radius 3 is 2.76 bits per heavy atom. The lowest BCUT2D eigenvalue weighted by molar-refractivity contribution is 0.103. The first-order chi connectivity index (χ1) is 14.2. The van der Waals surface area contributed by atoms with E-state index in [0.29, 0.717) is 10.9 Å². The molecule has 0 radical (unpaired) electrons. The van der Waals surface area contributed by atoms with Crippen molar-refractivity contribution in [3.8, 4) is 0 Å². The molecule has 1 aliphatic rings. The summed E-state index contributed by atoms with van der Waals surface area (Å²) in [6.07, 6.45) is 0. The quantitative estimate of drug-likeness (QED) is 0.527. The highest BCUT2D eigenvalue weighted by molar-refractivity contribution is 7.12. The summed E-state index contributed by atoms with van der Waals surface area (Å²) in [7, 11) is 0. The number of imidazole rings is 1. The molecule has 1 aliphatic heterocycles. The molecule has 3 heterocycles. The summed E-state index contributed by atoms with van der Waals surface area (Å²) in [5.74, 6) is 1.00. The van der Waals surface area contributed by atoms with Crippen LogP contribution in [0, 0.1) is 0 Å². The zero-order chi connectivity index (χ0) is 19.8. The highest BCUT2D eigenvalue weighted by Gasteiger charge is 2.24. The van der Waals surface area contributed by atoms with Gasteiger partial charge in [-0.25, -0.2) is 4.98 Å². The van der Waals surface area contributed by atoms with Crippen LogP contribution in [0.3, 0.4) is 0 Å². The fourth-order valence-electron chi connectivity index (χ4n) is 3.99. The van der Waals surface area contributed by atoms with E-state index in [1.165, 1.54) is 16.9 Å². The minimum absolute atomic E-state index is 0.0776. The van der Waals surface area contributed by atoms with Crippen LogP contribution < -0.4 is 5.32 Å². The Kier molecular flexibility index (Phi) is 4.66. The topological polar surface area (TPSA) is 50.2 Å². The molecule has 5 rings (SSSR count). The lowest BCUT2D eigenvalue weighted by Gasteiger charge is -2.33. The normalized spacial score (nSPS) is 15.2. The molecule has 29 heavy (non-hydrogen) atoms. The van der Waals surface area contributed by atoms with E-state index in [1.54, 1.807) is 0 Å². The first-order valence-electron chi connectivity index (χ1n) is 9.82. The summed E-state index contributed by atoms with van der Waals surface area (Å²) in [5, 5.41) is 4.88. The Balaban J connectivity index is 1.38. The van der Waals surface area contributed by atoms with E-state index in [9.17, 15) is 4.79 Å². The van der Waals surface area contributed by atoms with Crippen molar-refractivity contribution >= 4 is 34.0 Å². The van der Waals surface area contributed by atoms with Crippen molar-refractivity contribution in [2.75, 3.05) is 11.9 Å². The number of nitrogens with zero attached hydrogens (tertiary/aromatic N) is 3. The largest absolute Gasteiger partial charge is 0.326 e. The molecule has 2 aromatic carbocycles. The van der Waals surface area contributed by atoms with E-state index in [0.717, 1.165) is 42.2 Å². The first-order valence-corrected chi connectivity index (χ1v) is 10.7. The fraction of sp³-hybridized carbons (Fsp3) is 0.217. The summed E-state index contributed by atoms with van der Waals surface area (Å²) < 4.78 is 2.30. The number of amides is 1. The van der Waals surface area contributed by atoms with Gasteiger partial charge >= 0.3 is 0 Å². The van der Waals surface area contributed by atoms with E-state index in [2.05, 4.69) is 58.1 Å².